The first-order chi connectivity index (χ1) is 15.8. The maximum absolute atomic E-state index is 13.2. The Morgan fingerprint density at radius 1 is 1.15 bits per heavy atom. The number of fused-ring (bicyclic) bond motifs is 1. The Morgan fingerprint density at radius 2 is 1.85 bits per heavy atom. The summed E-state index contributed by atoms with van der Waals surface area (Å²) in [5.41, 5.74) is 0.412. The molecule has 4 rings (SSSR count). The predicted octanol–water partition coefficient (Wildman–Crippen LogP) is 2.74. The number of aryl methyl sites for hydroxylation is 1. The summed E-state index contributed by atoms with van der Waals surface area (Å²) in [6, 6.07) is 11.0. The molecule has 4 amide bonds. The molecule has 2 N–H and O–H groups in total. The van der Waals surface area contributed by atoms with Crippen LogP contribution in [0.2, 0.25) is 0 Å². The van der Waals surface area contributed by atoms with Crippen molar-refractivity contribution >= 4 is 23.5 Å². The van der Waals surface area contributed by atoms with Crippen LogP contribution in [0.3, 0.4) is 0 Å². The van der Waals surface area contributed by atoms with E-state index in [1.807, 2.05) is 24.3 Å². The molecule has 0 unspecified atom stereocenters. The highest BCUT2D eigenvalue weighted by Crippen LogP contribution is 2.33. The average molecular weight is 453 g/mol. The molecular formula is C24H27N3O6. The van der Waals surface area contributed by atoms with E-state index >= 15 is 0 Å². The van der Waals surface area contributed by atoms with Gasteiger partial charge in [0.25, 0.3) is 5.91 Å². The minimum absolute atomic E-state index is 0.400. The number of imide groups is 1. The van der Waals surface area contributed by atoms with E-state index in [1.165, 1.54) is 6.92 Å². The van der Waals surface area contributed by atoms with E-state index in [4.69, 9.17) is 14.2 Å². The molecule has 2 aromatic rings. The Kier molecular flexibility index (Phi) is 6.13. The number of amides is 4. The van der Waals surface area contributed by atoms with Crippen LogP contribution in [0.4, 0.5) is 10.5 Å². The Balaban J connectivity index is 1.40. The first-order valence-electron chi connectivity index (χ1n) is 10.8. The molecule has 174 valence electrons. The third kappa shape index (κ3) is 4.57. The maximum atomic E-state index is 13.2. The first-order valence-corrected chi connectivity index (χ1v) is 10.8. The van der Waals surface area contributed by atoms with Crippen LogP contribution in [-0.4, -0.2) is 54.6 Å². The summed E-state index contributed by atoms with van der Waals surface area (Å²) in [4.78, 5) is 39.6. The molecule has 9 heteroatoms. The fourth-order valence-corrected chi connectivity index (χ4v) is 3.90. The van der Waals surface area contributed by atoms with Crippen LogP contribution in [0.25, 0.3) is 0 Å². The SMILES string of the molecule is COc1ccc(CC[C@]2(C)NC(=O)N([C@H](C)C(=O)Nc3ccc4c(c3)OCCO4)C2=O)cc1. The van der Waals surface area contributed by atoms with Crippen LogP contribution in [-0.2, 0) is 16.0 Å². The second-order valence-corrected chi connectivity index (χ2v) is 8.31. The van der Waals surface area contributed by atoms with Crippen molar-refractivity contribution in [3.63, 3.8) is 0 Å². The van der Waals surface area contributed by atoms with Crippen LogP contribution in [0.1, 0.15) is 25.8 Å². The molecule has 0 radical (unpaired) electrons. The molecule has 2 aliphatic rings. The number of carbonyl (C=O) groups is 3. The van der Waals surface area contributed by atoms with Crippen molar-refractivity contribution in [2.45, 2.75) is 38.3 Å². The summed E-state index contributed by atoms with van der Waals surface area (Å²) >= 11 is 0. The lowest BCUT2D eigenvalue weighted by Gasteiger charge is -2.24. The molecule has 0 saturated carbocycles. The molecule has 0 aromatic heterocycles. The number of carbonyl (C=O) groups excluding carboxylic acids is 3. The summed E-state index contributed by atoms with van der Waals surface area (Å²) in [5.74, 6) is 0.987. The molecular weight excluding hydrogens is 426 g/mol. The minimum atomic E-state index is -1.09. The summed E-state index contributed by atoms with van der Waals surface area (Å²) < 4.78 is 16.2. The number of methoxy groups -OCH3 is 1. The second-order valence-electron chi connectivity index (χ2n) is 8.31. The number of nitrogens with zero attached hydrogens (tertiary/aromatic N) is 1. The number of anilines is 1. The number of urea groups is 1. The molecule has 9 nitrogen and oxygen atoms in total. The van der Waals surface area contributed by atoms with E-state index in [0.29, 0.717) is 43.2 Å². The van der Waals surface area contributed by atoms with E-state index in [9.17, 15) is 14.4 Å². The molecule has 0 spiro atoms. The second kappa shape index (κ2) is 9.01. The summed E-state index contributed by atoms with van der Waals surface area (Å²) in [5, 5.41) is 5.51. The normalized spacial score (nSPS) is 20.3. The number of hydrogen-bond acceptors (Lipinski definition) is 6. The van der Waals surface area contributed by atoms with Gasteiger partial charge in [0, 0.05) is 11.8 Å². The third-order valence-corrected chi connectivity index (χ3v) is 5.94. The van der Waals surface area contributed by atoms with Crippen molar-refractivity contribution in [1.82, 2.24) is 10.2 Å². The maximum Gasteiger partial charge on any atom is 0.325 e. The largest absolute Gasteiger partial charge is 0.497 e. The van der Waals surface area contributed by atoms with Crippen molar-refractivity contribution in [3.05, 3.63) is 48.0 Å². The van der Waals surface area contributed by atoms with Crippen molar-refractivity contribution in [3.8, 4) is 17.2 Å². The zero-order valence-corrected chi connectivity index (χ0v) is 18.8. The number of benzene rings is 2. The topological polar surface area (TPSA) is 106 Å². The Bertz CT molecular complexity index is 1070. The van der Waals surface area contributed by atoms with Gasteiger partial charge < -0.3 is 24.8 Å². The van der Waals surface area contributed by atoms with Gasteiger partial charge in [-0.15, -0.1) is 0 Å². The van der Waals surface area contributed by atoms with Gasteiger partial charge in [-0.25, -0.2) is 9.69 Å². The van der Waals surface area contributed by atoms with Gasteiger partial charge in [-0.2, -0.15) is 0 Å². The first kappa shape index (κ1) is 22.4. The smallest absolute Gasteiger partial charge is 0.325 e. The lowest BCUT2D eigenvalue weighted by molar-refractivity contribution is -0.136. The zero-order chi connectivity index (χ0) is 23.6. The summed E-state index contributed by atoms with van der Waals surface area (Å²) in [6.45, 7) is 4.11. The van der Waals surface area contributed by atoms with E-state index in [2.05, 4.69) is 10.6 Å². The van der Waals surface area contributed by atoms with Gasteiger partial charge >= 0.3 is 6.03 Å². The van der Waals surface area contributed by atoms with Gasteiger partial charge in [-0.3, -0.25) is 9.59 Å². The Hall–Kier alpha value is -3.75. The van der Waals surface area contributed by atoms with E-state index in [-0.39, 0.29) is 0 Å². The van der Waals surface area contributed by atoms with Crippen molar-refractivity contribution in [1.29, 1.82) is 0 Å². The van der Waals surface area contributed by atoms with Gasteiger partial charge in [0.1, 0.15) is 30.5 Å². The van der Waals surface area contributed by atoms with Gasteiger partial charge in [0.05, 0.1) is 7.11 Å². The molecule has 2 heterocycles. The van der Waals surface area contributed by atoms with E-state index in [1.54, 1.807) is 32.2 Å². The number of nitrogens with one attached hydrogen (secondary N) is 2. The van der Waals surface area contributed by atoms with Gasteiger partial charge in [-0.1, -0.05) is 12.1 Å². The zero-order valence-electron chi connectivity index (χ0n) is 18.8. The number of ether oxygens (including phenoxy) is 3. The quantitative estimate of drug-likeness (QED) is 0.625. The fraction of sp³-hybridized carbons (Fsp3) is 0.375. The fourth-order valence-electron chi connectivity index (χ4n) is 3.90. The van der Waals surface area contributed by atoms with Crippen LogP contribution in [0.5, 0.6) is 17.2 Å². The Morgan fingerprint density at radius 3 is 2.55 bits per heavy atom. The van der Waals surface area contributed by atoms with Gasteiger partial charge in [0.15, 0.2) is 11.5 Å². The molecule has 2 aliphatic heterocycles. The van der Waals surface area contributed by atoms with Crippen molar-refractivity contribution in [2.75, 3.05) is 25.6 Å². The predicted molar refractivity (Wildman–Crippen MR) is 121 cm³/mol. The third-order valence-electron chi connectivity index (χ3n) is 5.94. The lowest BCUT2D eigenvalue weighted by atomic mass is 9.93. The highest BCUT2D eigenvalue weighted by Gasteiger charge is 2.50. The Labute approximate surface area is 192 Å². The van der Waals surface area contributed by atoms with E-state index < -0.39 is 29.4 Å². The minimum Gasteiger partial charge on any atom is -0.497 e. The van der Waals surface area contributed by atoms with E-state index in [0.717, 1.165) is 16.2 Å². The molecule has 1 fully saturated rings. The highest BCUT2D eigenvalue weighted by molar-refractivity contribution is 6.11. The van der Waals surface area contributed by atoms with Crippen molar-refractivity contribution in [2.24, 2.45) is 0 Å². The molecule has 0 bridgehead atoms. The summed E-state index contributed by atoms with van der Waals surface area (Å²) in [6.07, 6.45) is 0.981. The molecule has 33 heavy (non-hydrogen) atoms. The lowest BCUT2D eigenvalue weighted by Crippen LogP contribution is -2.48. The molecule has 0 aliphatic carbocycles. The molecule has 2 atom stereocenters. The van der Waals surface area contributed by atoms with Crippen molar-refractivity contribution < 1.29 is 28.6 Å². The standard InChI is InChI=1S/C24H27N3O6/c1-15(21(28)25-17-6-9-19-20(14-17)33-13-12-32-19)27-22(29)24(2,26-23(27)30)11-10-16-4-7-18(31-3)8-5-16/h4-9,14-15H,10-13H2,1-3H3,(H,25,28)(H,26,30)/t15-,24+/m1/s1. The molecule has 2 aromatic carbocycles. The van der Waals surface area contributed by atoms with Gasteiger partial charge in [0.2, 0.25) is 5.91 Å². The van der Waals surface area contributed by atoms with Crippen LogP contribution < -0.4 is 24.8 Å². The number of rotatable bonds is 7. The molecule has 1 saturated heterocycles. The highest BCUT2D eigenvalue weighted by atomic mass is 16.6. The monoisotopic (exact) mass is 453 g/mol. The number of hydrogen-bond donors (Lipinski definition) is 2. The van der Waals surface area contributed by atoms with Crippen LogP contribution >= 0.6 is 0 Å². The van der Waals surface area contributed by atoms with Crippen LogP contribution in [0.15, 0.2) is 42.5 Å². The van der Waals surface area contributed by atoms with Gasteiger partial charge in [-0.05, 0) is 56.5 Å². The van der Waals surface area contributed by atoms with Crippen LogP contribution in [0, 0.1) is 0 Å². The summed E-state index contributed by atoms with van der Waals surface area (Å²) in [7, 11) is 1.60. The average Bonchev–Trinajstić information content (AvgIpc) is 3.05.